The van der Waals surface area contributed by atoms with E-state index < -0.39 is 8.32 Å². The summed E-state index contributed by atoms with van der Waals surface area (Å²) < 4.78 is 6.51. The number of hydrogen-bond donors (Lipinski definition) is 0. The Hall–Kier alpha value is -0.786. The van der Waals surface area contributed by atoms with E-state index in [0.717, 1.165) is 6.61 Å². The van der Waals surface area contributed by atoms with Gasteiger partial charge in [0.2, 0.25) is 0 Å². The zero-order chi connectivity index (χ0) is 14.6. The molecule has 2 aromatic rings. The van der Waals surface area contributed by atoms with Gasteiger partial charge in [-0.1, -0.05) is 81.4 Å². The van der Waals surface area contributed by atoms with Gasteiger partial charge in [-0.2, -0.15) is 0 Å². The van der Waals surface area contributed by atoms with Gasteiger partial charge in [0.05, 0.1) is 0 Å². The van der Waals surface area contributed by atoms with Crippen molar-refractivity contribution in [1.29, 1.82) is 0 Å². The molecule has 0 fully saturated rings. The first-order valence-electron chi connectivity index (χ1n) is 7.27. The van der Waals surface area contributed by atoms with Crippen molar-refractivity contribution in [3.63, 3.8) is 0 Å². The van der Waals surface area contributed by atoms with Gasteiger partial charge in [-0.3, -0.25) is 0 Å². The standard InChI is InChI=1S/C18H24OSi.Li.H/c1-5-19-20(18(2,3)4,16-12-8-6-9-13-16)17-14-10-7-11-15-17;;/h6-15H,5H2,1-4H3;;/q;+1;-1. The van der Waals surface area contributed by atoms with Crippen LogP contribution in [0.25, 0.3) is 0 Å². The van der Waals surface area contributed by atoms with Crippen LogP contribution in [0.15, 0.2) is 60.7 Å². The Bertz CT molecular complexity index is 501. The summed E-state index contributed by atoms with van der Waals surface area (Å²) in [6.07, 6.45) is 0. The second-order valence-electron chi connectivity index (χ2n) is 6.10. The fourth-order valence-electron chi connectivity index (χ4n) is 2.98. The molecular formula is C18H25LiOSi. The molecule has 0 radical (unpaired) electrons. The Labute approximate surface area is 143 Å². The maximum absolute atomic E-state index is 6.51. The van der Waals surface area contributed by atoms with Crippen molar-refractivity contribution >= 4 is 18.7 Å². The third-order valence-electron chi connectivity index (χ3n) is 3.78. The molecule has 0 aliphatic carbocycles. The second-order valence-corrected chi connectivity index (χ2v) is 10.4. The minimum absolute atomic E-state index is 0. The second kappa shape index (κ2) is 7.47. The van der Waals surface area contributed by atoms with Crippen molar-refractivity contribution in [2.24, 2.45) is 0 Å². The molecule has 0 amide bonds. The van der Waals surface area contributed by atoms with Crippen LogP contribution in [0.5, 0.6) is 0 Å². The Kier molecular flexibility index (Phi) is 6.50. The minimum atomic E-state index is -2.25. The zero-order valence-corrected chi connectivity index (χ0v) is 14.9. The quantitative estimate of drug-likeness (QED) is 0.754. The van der Waals surface area contributed by atoms with Gasteiger partial charge >= 0.3 is 18.9 Å². The Morgan fingerprint density at radius 3 is 1.52 bits per heavy atom. The van der Waals surface area contributed by atoms with E-state index in [0.29, 0.717) is 0 Å². The summed E-state index contributed by atoms with van der Waals surface area (Å²) in [6.45, 7) is 9.74. The van der Waals surface area contributed by atoms with Crippen LogP contribution in [-0.4, -0.2) is 14.9 Å². The van der Waals surface area contributed by atoms with Crippen LogP contribution >= 0.6 is 0 Å². The molecule has 2 rings (SSSR count). The van der Waals surface area contributed by atoms with E-state index in [1.165, 1.54) is 10.4 Å². The molecule has 21 heavy (non-hydrogen) atoms. The molecule has 0 N–H and O–H groups in total. The van der Waals surface area contributed by atoms with Gasteiger partial charge in [0, 0.05) is 6.61 Å². The molecular weight excluding hydrogens is 267 g/mol. The summed E-state index contributed by atoms with van der Waals surface area (Å²) in [7, 11) is -2.25. The minimum Gasteiger partial charge on any atom is -1.00 e. The first-order valence-corrected chi connectivity index (χ1v) is 9.18. The van der Waals surface area contributed by atoms with E-state index in [1.807, 2.05) is 0 Å². The van der Waals surface area contributed by atoms with E-state index in [-0.39, 0.29) is 25.3 Å². The van der Waals surface area contributed by atoms with Crippen molar-refractivity contribution in [3.05, 3.63) is 60.7 Å². The predicted molar refractivity (Wildman–Crippen MR) is 90.4 cm³/mol. The van der Waals surface area contributed by atoms with Crippen LogP contribution in [0.2, 0.25) is 5.04 Å². The Morgan fingerprint density at radius 1 is 0.857 bits per heavy atom. The van der Waals surface area contributed by atoms with Gasteiger partial charge in [0.1, 0.15) is 0 Å². The van der Waals surface area contributed by atoms with Crippen LogP contribution in [0, 0.1) is 0 Å². The Morgan fingerprint density at radius 2 is 1.24 bits per heavy atom. The smallest absolute Gasteiger partial charge is 1.00 e. The van der Waals surface area contributed by atoms with Crippen molar-refractivity contribution in [1.82, 2.24) is 0 Å². The molecule has 3 heteroatoms. The van der Waals surface area contributed by atoms with Crippen molar-refractivity contribution in [2.75, 3.05) is 6.61 Å². The monoisotopic (exact) mass is 292 g/mol. The molecule has 0 unspecified atom stereocenters. The van der Waals surface area contributed by atoms with Gasteiger partial charge in [0.15, 0.2) is 0 Å². The van der Waals surface area contributed by atoms with E-state index in [4.69, 9.17) is 4.43 Å². The molecule has 0 spiro atoms. The molecule has 0 bridgehead atoms. The Balaban J connectivity index is 0.00000220. The van der Waals surface area contributed by atoms with E-state index >= 15 is 0 Å². The summed E-state index contributed by atoms with van der Waals surface area (Å²) in [5, 5.41) is 2.78. The van der Waals surface area contributed by atoms with E-state index in [1.54, 1.807) is 0 Å². The summed E-state index contributed by atoms with van der Waals surface area (Å²) in [5.74, 6) is 0. The van der Waals surface area contributed by atoms with E-state index in [2.05, 4.69) is 88.4 Å². The molecule has 0 saturated carbocycles. The first-order chi connectivity index (χ1) is 9.52. The third-order valence-corrected chi connectivity index (χ3v) is 8.90. The summed E-state index contributed by atoms with van der Waals surface area (Å²) in [5.41, 5.74) is 0. The van der Waals surface area contributed by atoms with Crippen LogP contribution in [0.1, 0.15) is 29.1 Å². The molecule has 0 heterocycles. The summed E-state index contributed by atoms with van der Waals surface area (Å²) >= 11 is 0. The number of rotatable bonds is 4. The largest absolute Gasteiger partial charge is 1.00 e. The van der Waals surface area contributed by atoms with Crippen LogP contribution in [0.4, 0.5) is 0 Å². The normalized spacial score (nSPS) is 11.8. The van der Waals surface area contributed by atoms with Crippen LogP contribution in [-0.2, 0) is 4.43 Å². The number of benzene rings is 2. The summed E-state index contributed by atoms with van der Waals surface area (Å²) in [6, 6.07) is 21.5. The SMILES string of the molecule is CCO[Si](c1ccccc1)(c1ccccc1)C(C)(C)C.[H-].[Li+]. The average molecular weight is 292 g/mol. The molecule has 0 aliphatic heterocycles. The predicted octanol–water partition coefficient (Wildman–Crippen LogP) is 0.699. The fourth-order valence-corrected chi connectivity index (χ4v) is 7.57. The van der Waals surface area contributed by atoms with Gasteiger partial charge in [-0.15, -0.1) is 0 Å². The summed E-state index contributed by atoms with van der Waals surface area (Å²) in [4.78, 5) is 0. The average Bonchev–Trinajstić information content (AvgIpc) is 2.45. The number of hydrogen-bond acceptors (Lipinski definition) is 1. The molecule has 0 aromatic heterocycles. The van der Waals surface area contributed by atoms with Crippen LogP contribution in [0.3, 0.4) is 0 Å². The van der Waals surface area contributed by atoms with Crippen molar-refractivity contribution in [2.45, 2.75) is 32.7 Å². The fraction of sp³-hybridized carbons (Fsp3) is 0.333. The van der Waals surface area contributed by atoms with Crippen LogP contribution < -0.4 is 29.2 Å². The molecule has 1 nitrogen and oxygen atoms in total. The topological polar surface area (TPSA) is 9.23 Å². The third kappa shape index (κ3) is 3.52. The molecule has 0 aliphatic rings. The van der Waals surface area contributed by atoms with Crippen molar-refractivity contribution < 1.29 is 24.7 Å². The molecule has 0 atom stereocenters. The van der Waals surface area contributed by atoms with Gasteiger partial charge in [-0.25, -0.2) is 0 Å². The maximum Gasteiger partial charge on any atom is 1.00 e. The van der Waals surface area contributed by atoms with Gasteiger partial charge in [-0.05, 0) is 22.3 Å². The van der Waals surface area contributed by atoms with Gasteiger partial charge < -0.3 is 5.85 Å². The van der Waals surface area contributed by atoms with Gasteiger partial charge in [0.25, 0.3) is 8.32 Å². The first kappa shape index (κ1) is 18.3. The zero-order valence-electron chi connectivity index (χ0n) is 14.9. The molecule has 2 aromatic carbocycles. The van der Waals surface area contributed by atoms with E-state index in [9.17, 15) is 0 Å². The van der Waals surface area contributed by atoms with Crippen molar-refractivity contribution in [3.8, 4) is 0 Å². The molecule has 0 saturated heterocycles. The maximum atomic E-state index is 6.51. The molecule has 108 valence electrons.